The van der Waals surface area contributed by atoms with Crippen molar-refractivity contribution in [2.24, 2.45) is 0 Å². The Hall–Kier alpha value is -0.770. The lowest BCUT2D eigenvalue weighted by Gasteiger charge is -2.30. The van der Waals surface area contributed by atoms with Crippen molar-refractivity contribution in [1.82, 2.24) is 10.2 Å². The number of rotatable bonds is 9. The number of nitrogens with one attached hydrogen (secondary N) is 1. The minimum Gasteiger partial charge on any atom is -0.444 e. The van der Waals surface area contributed by atoms with Crippen LogP contribution in [0.1, 0.15) is 74.1 Å². The Bertz CT molecular complexity index is 285. The first-order valence-corrected chi connectivity index (χ1v) is 8.40. The van der Waals surface area contributed by atoms with Gasteiger partial charge in [0.1, 0.15) is 5.60 Å². The van der Waals surface area contributed by atoms with Crippen LogP contribution in [0.4, 0.5) is 4.79 Å². The van der Waals surface area contributed by atoms with Gasteiger partial charge < -0.3 is 15.0 Å². The molecular weight excluding hydrogens is 264 g/mol. The minimum atomic E-state index is -0.439. The fourth-order valence-electron chi connectivity index (χ4n) is 2.11. The molecule has 0 saturated carbocycles. The van der Waals surface area contributed by atoms with Gasteiger partial charge in [-0.05, 0) is 48.0 Å². The van der Waals surface area contributed by atoms with Gasteiger partial charge in [-0.25, -0.2) is 4.79 Å². The minimum absolute atomic E-state index is 0.150. The van der Waals surface area contributed by atoms with Crippen LogP contribution >= 0.6 is 0 Å². The zero-order valence-electron chi connectivity index (χ0n) is 15.2. The lowest BCUT2D eigenvalue weighted by atomic mass is 10.1. The summed E-state index contributed by atoms with van der Waals surface area (Å²) in [4.78, 5) is 14.0. The van der Waals surface area contributed by atoms with E-state index in [4.69, 9.17) is 4.74 Å². The summed E-state index contributed by atoms with van der Waals surface area (Å²) in [6, 6.07) is 0.654. The Morgan fingerprint density at radius 1 is 1.19 bits per heavy atom. The zero-order chi connectivity index (χ0) is 16.5. The van der Waals surface area contributed by atoms with Gasteiger partial charge in [-0.15, -0.1) is 0 Å². The molecule has 4 heteroatoms. The zero-order valence-corrected chi connectivity index (χ0v) is 15.2. The summed E-state index contributed by atoms with van der Waals surface area (Å²) in [6.45, 7) is 15.7. The second-order valence-electron chi connectivity index (χ2n) is 7.12. The largest absolute Gasteiger partial charge is 0.444 e. The molecule has 0 saturated heterocycles. The number of hydrogen-bond donors (Lipinski definition) is 1. The van der Waals surface area contributed by atoms with Gasteiger partial charge in [0.2, 0.25) is 0 Å². The van der Waals surface area contributed by atoms with Crippen LogP contribution < -0.4 is 5.32 Å². The Kier molecular flexibility index (Phi) is 9.67. The third-order valence-corrected chi connectivity index (χ3v) is 3.34. The molecule has 0 aromatic carbocycles. The second kappa shape index (κ2) is 10.0. The summed E-state index contributed by atoms with van der Waals surface area (Å²) in [6.07, 6.45) is 4.79. The molecule has 1 atom stereocenters. The predicted molar refractivity (Wildman–Crippen MR) is 89.7 cm³/mol. The number of unbranched alkanes of at least 4 members (excludes halogenated alkanes) is 2. The van der Waals surface area contributed by atoms with E-state index in [1.807, 2.05) is 34.6 Å². The van der Waals surface area contributed by atoms with Crippen molar-refractivity contribution in [2.45, 2.75) is 91.8 Å². The SMILES string of the molecule is CCCCCC(C)NCCN(C(=O)OC(C)(C)C)C(C)C. The smallest absolute Gasteiger partial charge is 0.410 e. The van der Waals surface area contributed by atoms with Gasteiger partial charge in [-0.2, -0.15) is 0 Å². The van der Waals surface area contributed by atoms with E-state index >= 15 is 0 Å². The van der Waals surface area contributed by atoms with E-state index in [-0.39, 0.29) is 12.1 Å². The molecule has 0 aliphatic carbocycles. The van der Waals surface area contributed by atoms with Gasteiger partial charge in [-0.3, -0.25) is 0 Å². The summed E-state index contributed by atoms with van der Waals surface area (Å²) >= 11 is 0. The summed E-state index contributed by atoms with van der Waals surface area (Å²) in [5.41, 5.74) is -0.439. The maximum Gasteiger partial charge on any atom is 0.410 e. The van der Waals surface area contributed by atoms with Gasteiger partial charge in [0.25, 0.3) is 0 Å². The van der Waals surface area contributed by atoms with Crippen molar-refractivity contribution in [2.75, 3.05) is 13.1 Å². The van der Waals surface area contributed by atoms with Crippen LogP contribution in [-0.2, 0) is 4.74 Å². The van der Waals surface area contributed by atoms with Crippen molar-refractivity contribution in [3.05, 3.63) is 0 Å². The van der Waals surface area contributed by atoms with E-state index in [1.165, 1.54) is 25.7 Å². The van der Waals surface area contributed by atoms with Crippen LogP contribution in [0.5, 0.6) is 0 Å². The molecule has 0 aliphatic rings. The van der Waals surface area contributed by atoms with Crippen LogP contribution in [0.25, 0.3) is 0 Å². The average Bonchev–Trinajstić information content (AvgIpc) is 2.32. The fourth-order valence-corrected chi connectivity index (χ4v) is 2.11. The highest BCUT2D eigenvalue weighted by Gasteiger charge is 2.23. The topological polar surface area (TPSA) is 41.6 Å². The van der Waals surface area contributed by atoms with E-state index in [9.17, 15) is 4.79 Å². The van der Waals surface area contributed by atoms with E-state index in [0.717, 1.165) is 6.54 Å². The molecular formula is C17H36N2O2. The number of hydrogen-bond acceptors (Lipinski definition) is 3. The van der Waals surface area contributed by atoms with Crippen LogP contribution in [0, 0.1) is 0 Å². The summed E-state index contributed by atoms with van der Waals surface area (Å²) < 4.78 is 5.46. The van der Waals surface area contributed by atoms with Gasteiger partial charge in [-0.1, -0.05) is 26.2 Å². The molecule has 0 spiro atoms. The lowest BCUT2D eigenvalue weighted by molar-refractivity contribution is 0.0192. The first-order valence-electron chi connectivity index (χ1n) is 8.40. The molecule has 1 N–H and O–H groups in total. The Labute approximate surface area is 131 Å². The number of amides is 1. The van der Waals surface area contributed by atoms with E-state index in [0.29, 0.717) is 12.6 Å². The fraction of sp³-hybridized carbons (Fsp3) is 0.941. The Balaban J connectivity index is 4.13. The Morgan fingerprint density at radius 2 is 1.81 bits per heavy atom. The molecule has 0 fully saturated rings. The van der Waals surface area contributed by atoms with Crippen LogP contribution in [-0.4, -0.2) is 41.8 Å². The predicted octanol–water partition coefficient (Wildman–Crippen LogP) is 4.19. The van der Waals surface area contributed by atoms with Crippen molar-refractivity contribution in [3.8, 4) is 0 Å². The van der Waals surface area contributed by atoms with E-state index < -0.39 is 5.60 Å². The highest BCUT2D eigenvalue weighted by molar-refractivity contribution is 5.68. The van der Waals surface area contributed by atoms with Crippen LogP contribution in [0.15, 0.2) is 0 Å². The quantitative estimate of drug-likeness (QED) is 0.649. The number of nitrogens with zero attached hydrogens (tertiary/aromatic N) is 1. The standard InChI is InChI=1S/C17H36N2O2/c1-8-9-10-11-15(4)18-12-13-19(14(2)3)16(20)21-17(5,6)7/h14-15,18H,8-13H2,1-7H3. The maximum absolute atomic E-state index is 12.2. The molecule has 0 rings (SSSR count). The van der Waals surface area contributed by atoms with Gasteiger partial charge in [0.15, 0.2) is 0 Å². The lowest BCUT2D eigenvalue weighted by Crippen LogP contribution is -2.45. The van der Waals surface area contributed by atoms with E-state index in [1.54, 1.807) is 4.90 Å². The molecule has 0 aromatic heterocycles. The van der Waals surface area contributed by atoms with Gasteiger partial charge >= 0.3 is 6.09 Å². The highest BCUT2D eigenvalue weighted by atomic mass is 16.6. The molecule has 21 heavy (non-hydrogen) atoms. The maximum atomic E-state index is 12.2. The van der Waals surface area contributed by atoms with Crippen LogP contribution in [0.3, 0.4) is 0 Å². The van der Waals surface area contributed by atoms with Crippen molar-refractivity contribution >= 4 is 6.09 Å². The molecule has 0 aromatic rings. The average molecular weight is 300 g/mol. The van der Waals surface area contributed by atoms with Gasteiger partial charge in [0.05, 0.1) is 0 Å². The molecule has 126 valence electrons. The van der Waals surface area contributed by atoms with Crippen LogP contribution in [0.2, 0.25) is 0 Å². The third kappa shape index (κ3) is 10.6. The number of carbonyl (C=O) groups excluding carboxylic acids is 1. The normalized spacial score (nSPS) is 13.3. The Morgan fingerprint density at radius 3 is 2.29 bits per heavy atom. The molecule has 0 bridgehead atoms. The van der Waals surface area contributed by atoms with Gasteiger partial charge in [0, 0.05) is 25.2 Å². The molecule has 4 nitrogen and oxygen atoms in total. The summed E-state index contributed by atoms with van der Waals surface area (Å²) in [5, 5.41) is 3.50. The van der Waals surface area contributed by atoms with E-state index in [2.05, 4.69) is 19.2 Å². The monoisotopic (exact) mass is 300 g/mol. The first-order chi connectivity index (χ1) is 9.67. The van der Waals surface area contributed by atoms with Crippen molar-refractivity contribution in [3.63, 3.8) is 0 Å². The molecule has 0 radical (unpaired) electrons. The first kappa shape index (κ1) is 20.2. The molecule has 0 aliphatic heterocycles. The molecule has 0 heterocycles. The summed E-state index contributed by atoms with van der Waals surface area (Å²) in [5.74, 6) is 0. The number of carbonyl (C=O) groups is 1. The third-order valence-electron chi connectivity index (χ3n) is 3.34. The van der Waals surface area contributed by atoms with Crippen molar-refractivity contribution in [1.29, 1.82) is 0 Å². The van der Waals surface area contributed by atoms with Crippen molar-refractivity contribution < 1.29 is 9.53 Å². The highest BCUT2D eigenvalue weighted by Crippen LogP contribution is 2.11. The molecule has 1 amide bonds. The number of ether oxygens (including phenoxy) is 1. The molecule has 1 unspecified atom stereocenters. The summed E-state index contributed by atoms with van der Waals surface area (Å²) in [7, 11) is 0. The second-order valence-corrected chi connectivity index (χ2v) is 7.12.